The summed E-state index contributed by atoms with van der Waals surface area (Å²) in [5.74, 6) is 0.427. The Kier molecular flexibility index (Phi) is 5.87. The van der Waals surface area contributed by atoms with Crippen LogP contribution in [0.15, 0.2) is 12.1 Å². The fraction of sp³-hybridized carbons (Fsp3) is 0.733. The summed E-state index contributed by atoms with van der Waals surface area (Å²) in [6, 6.07) is 4.45. The van der Waals surface area contributed by atoms with Crippen molar-refractivity contribution in [2.75, 3.05) is 13.1 Å². The average molecular weight is 317 g/mol. The van der Waals surface area contributed by atoms with Gasteiger partial charge in [0.1, 0.15) is 0 Å². The quantitative estimate of drug-likeness (QED) is 0.876. The molecule has 114 valence electrons. The largest absolute Gasteiger partial charge is 0.393 e. The van der Waals surface area contributed by atoms with Crippen LogP contribution in [0.5, 0.6) is 0 Å². The van der Waals surface area contributed by atoms with Crippen molar-refractivity contribution in [1.29, 1.82) is 0 Å². The van der Waals surface area contributed by atoms with E-state index in [0.29, 0.717) is 5.92 Å². The molecule has 1 aromatic rings. The van der Waals surface area contributed by atoms with Crippen molar-refractivity contribution < 1.29 is 5.11 Å². The van der Waals surface area contributed by atoms with Crippen molar-refractivity contribution in [3.63, 3.8) is 0 Å². The number of rotatable bonds is 5. The molecule has 1 aliphatic rings. The van der Waals surface area contributed by atoms with E-state index in [-0.39, 0.29) is 18.2 Å². The highest BCUT2D eigenvalue weighted by Gasteiger charge is 2.31. The van der Waals surface area contributed by atoms with Gasteiger partial charge < -0.3 is 10.8 Å². The van der Waals surface area contributed by atoms with Crippen LogP contribution in [0.3, 0.4) is 0 Å². The first-order chi connectivity index (χ1) is 9.52. The number of halogens is 1. The molecule has 2 rings (SSSR count). The van der Waals surface area contributed by atoms with Gasteiger partial charge in [-0.25, -0.2) is 0 Å². The minimum atomic E-state index is -0.202. The summed E-state index contributed by atoms with van der Waals surface area (Å²) in [6.45, 7) is 6.04. The molecule has 3 unspecified atom stereocenters. The van der Waals surface area contributed by atoms with Gasteiger partial charge in [-0.05, 0) is 57.3 Å². The number of aliphatic hydroxyl groups is 1. The molecule has 0 radical (unpaired) electrons. The molecule has 0 spiro atoms. The lowest BCUT2D eigenvalue weighted by atomic mass is 9.90. The van der Waals surface area contributed by atoms with E-state index in [1.807, 2.05) is 13.0 Å². The zero-order chi connectivity index (χ0) is 14.7. The number of likely N-dealkylation sites (tertiary alicyclic amines) is 1. The van der Waals surface area contributed by atoms with Crippen molar-refractivity contribution in [3.05, 3.63) is 21.3 Å². The smallest absolute Gasteiger partial charge is 0.0931 e. The molecule has 3 N–H and O–H groups in total. The summed E-state index contributed by atoms with van der Waals surface area (Å²) in [5, 5.41) is 9.72. The van der Waals surface area contributed by atoms with Gasteiger partial charge >= 0.3 is 0 Å². The van der Waals surface area contributed by atoms with Gasteiger partial charge in [-0.2, -0.15) is 0 Å². The van der Waals surface area contributed by atoms with Crippen LogP contribution < -0.4 is 5.73 Å². The van der Waals surface area contributed by atoms with Gasteiger partial charge in [0.2, 0.25) is 0 Å². The molecule has 2 heterocycles. The van der Waals surface area contributed by atoms with E-state index in [0.717, 1.165) is 36.7 Å². The molecular formula is C15H25ClN2OS. The molecule has 5 heteroatoms. The monoisotopic (exact) mass is 316 g/mol. The first-order valence-electron chi connectivity index (χ1n) is 7.45. The predicted molar refractivity (Wildman–Crippen MR) is 86.3 cm³/mol. The normalized spacial score (nSPS) is 22.6. The highest BCUT2D eigenvalue weighted by molar-refractivity contribution is 7.16. The van der Waals surface area contributed by atoms with E-state index >= 15 is 0 Å². The summed E-state index contributed by atoms with van der Waals surface area (Å²) >= 11 is 7.72. The maximum Gasteiger partial charge on any atom is 0.0931 e. The van der Waals surface area contributed by atoms with Gasteiger partial charge in [-0.1, -0.05) is 18.5 Å². The Bertz CT molecular complexity index is 416. The predicted octanol–water partition coefficient (Wildman–Crippen LogP) is 3.27. The van der Waals surface area contributed by atoms with E-state index < -0.39 is 0 Å². The van der Waals surface area contributed by atoms with Crippen molar-refractivity contribution in [2.24, 2.45) is 11.7 Å². The topological polar surface area (TPSA) is 49.5 Å². The molecule has 0 saturated carbocycles. The van der Waals surface area contributed by atoms with Crippen molar-refractivity contribution in [1.82, 2.24) is 4.90 Å². The maximum atomic E-state index is 9.72. The number of thiophene rings is 1. The van der Waals surface area contributed by atoms with E-state index in [4.69, 9.17) is 17.3 Å². The van der Waals surface area contributed by atoms with E-state index in [1.54, 1.807) is 11.3 Å². The van der Waals surface area contributed by atoms with E-state index in [1.165, 1.54) is 4.88 Å². The maximum absolute atomic E-state index is 9.72. The fourth-order valence-electron chi connectivity index (χ4n) is 3.05. The molecule has 1 aromatic heterocycles. The molecule has 1 fully saturated rings. The van der Waals surface area contributed by atoms with E-state index in [9.17, 15) is 5.11 Å². The van der Waals surface area contributed by atoms with Crippen molar-refractivity contribution in [2.45, 2.75) is 51.3 Å². The average Bonchev–Trinajstić information content (AvgIpc) is 2.85. The lowest BCUT2D eigenvalue weighted by molar-refractivity contribution is 0.0503. The van der Waals surface area contributed by atoms with Crippen LogP contribution in [0.2, 0.25) is 4.34 Å². The molecule has 0 amide bonds. The molecule has 3 atom stereocenters. The Labute approximate surface area is 130 Å². The fourth-order valence-corrected chi connectivity index (χ4v) is 4.32. The lowest BCUT2D eigenvalue weighted by Gasteiger charge is -2.40. The summed E-state index contributed by atoms with van der Waals surface area (Å²) in [7, 11) is 0. The molecule has 3 nitrogen and oxygen atoms in total. The second kappa shape index (κ2) is 7.23. The molecule has 0 aliphatic carbocycles. The van der Waals surface area contributed by atoms with Gasteiger partial charge in [0.15, 0.2) is 0 Å². The SMILES string of the molecule is CCC(N)C(c1ccc(Cl)s1)N1CCC(C(C)O)CC1. The second-order valence-electron chi connectivity index (χ2n) is 5.77. The van der Waals surface area contributed by atoms with Crippen LogP contribution >= 0.6 is 22.9 Å². The Hall–Kier alpha value is -0.130. The number of hydrogen-bond acceptors (Lipinski definition) is 4. The van der Waals surface area contributed by atoms with Crippen molar-refractivity contribution in [3.8, 4) is 0 Å². The van der Waals surface area contributed by atoms with Crippen molar-refractivity contribution >= 4 is 22.9 Å². The third-order valence-corrected chi connectivity index (χ3v) is 5.71. The standard InChI is InChI=1S/C15H25ClN2OS/c1-3-12(17)15(13-4-5-14(16)20-13)18-8-6-11(7-9-18)10(2)19/h4-5,10-12,15,19H,3,6-9,17H2,1-2H3. The summed E-state index contributed by atoms with van der Waals surface area (Å²) in [6.07, 6.45) is 2.84. The number of aliphatic hydroxyl groups excluding tert-OH is 1. The summed E-state index contributed by atoms with van der Waals surface area (Å²) in [4.78, 5) is 3.73. The highest BCUT2D eigenvalue weighted by Crippen LogP contribution is 2.35. The number of nitrogens with two attached hydrogens (primary N) is 1. The van der Waals surface area contributed by atoms with Gasteiger partial charge in [0.05, 0.1) is 16.5 Å². The highest BCUT2D eigenvalue weighted by atomic mass is 35.5. The molecule has 1 saturated heterocycles. The van der Waals surface area contributed by atoms with E-state index in [2.05, 4.69) is 17.9 Å². The Morgan fingerprint density at radius 1 is 1.45 bits per heavy atom. The third-order valence-electron chi connectivity index (χ3n) is 4.41. The Balaban J connectivity index is 2.09. The summed E-state index contributed by atoms with van der Waals surface area (Å²) in [5.41, 5.74) is 6.36. The second-order valence-corrected chi connectivity index (χ2v) is 7.52. The molecule has 20 heavy (non-hydrogen) atoms. The third kappa shape index (κ3) is 3.74. The van der Waals surface area contributed by atoms with Gasteiger partial charge in [-0.3, -0.25) is 4.90 Å². The summed E-state index contributed by atoms with van der Waals surface area (Å²) < 4.78 is 0.826. The number of hydrogen-bond donors (Lipinski definition) is 2. The molecule has 0 aromatic carbocycles. The molecular weight excluding hydrogens is 292 g/mol. The van der Waals surface area contributed by atoms with Crippen LogP contribution in [0.25, 0.3) is 0 Å². The Morgan fingerprint density at radius 3 is 2.55 bits per heavy atom. The van der Waals surface area contributed by atoms with Crippen LogP contribution in [-0.4, -0.2) is 35.2 Å². The minimum Gasteiger partial charge on any atom is -0.393 e. The first-order valence-corrected chi connectivity index (χ1v) is 8.65. The minimum absolute atomic E-state index is 0.132. The number of nitrogens with zero attached hydrogens (tertiary/aromatic N) is 1. The van der Waals surface area contributed by atoms with Gasteiger partial charge in [-0.15, -0.1) is 11.3 Å². The van der Waals surface area contributed by atoms with Crippen LogP contribution in [-0.2, 0) is 0 Å². The first kappa shape index (κ1) is 16.2. The molecule has 0 bridgehead atoms. The zero-order valence-electron chi connectivity index (χ0n) is 12.3. The lowest BCUT2D eigenvalue weighted by Crippen LogP contribution is -2.45. The zero-order valence-corrected chi connectivity index (χ0v) is 13.8. The molecule has 1 aliphatic heterocycles. The van der Waals surface area contributed by atoms with Crippen LogP contribution in [0, 0.1) is 5.92 Å². The Morgan fingerprint density at radius 2 is 2.10 bits per heavy atom. The number of piperidine rings is 1. The van der Waals surface area contributed by atoms with Gasteiger partial charge in [0, 0.05) is 10.9 Å². The van der Waals surface area contributed by atoms with Gasteiger partial charge in [0.25, 0.3) is 0 Å². The van der Waals surface area contributed by atoms with Crippen LogP contribution in [0.1, 0.15) is 44.0 Å². The van der Waals surface area contributed by atoms with Crippen LogP contribution in [0.4, 0.5) is 0 Å².